The van der Waals surface area contributed by atoms with Crippen molar-refractivity contribution in [1.82, 2.24) is 0 Å². The van der Waals surface area contributed by atoms with E-state index in [0.29, 0.717) is 12.8 Å². The van der Waals surface area contributed by atoms with Crippen LogP contribution in [0.3, 0.4) is 0 Å². The van der Waals surface area contributed by atoms with Crippen LogP contribution in [0, 0.1) is 0 Å². The molecule has 0 aliphatic rings. The minimum Gasteiger partial charge on any atom is -0.462 e. The standard InChI is InChI=1S/C77H134O5/c1-3-5-7-9-11-13-15-17-19-21-23-25-27-29-31-33-34-35-36-37-38-39-40-41-42-44-46-48-50-52-54-56-58-60-62-64-66-68-70-72-77(80)82-75(73-78)74-81-76(79)71-69-67-65-63-61-59-57-55-53-51-49-47-45-43-32-30-28-26-24-22-20-18-16-14-12-10-8-6-4-2/h5,7,11,13,17,19,22-25,29,31,34-35,37-38,40-41,75,78H,3-4,6,8-10,12,14-16,18,20-21,26-28,30,32-33,36,39,42-74H2,1-2H3/b7-5-,13-11-,19-17-,24-22-,25-23-,31-29-,35-34-,38-37-,41-40-. The lowest BCUT2D eigenvalue weighted by Gasteiger charge is -2.15. The SMILES string of the molecule is CC/C=C\C/C=C\C/C=C\C/C=C\C/C=C\C/C=C\C/C=C\C/C=C\CCCCCCCCCCCCCCCCC(=O)OC(CO)COC(=O)CCCCCCCCCCCCCCCCCCC/C=C\CCCCCCCCCC. The molecule has 0 spiro atoms. The van der Waals surface area contributed by atoms with Crippen LogP contribution in [-0.4, -0.2) is 36.4 Å². The van der Waals surface area contributed by atoms with E-state index in [9.17, 15) is 14.7 Å². The van der Waals surface area contributed by atoms with E-state index in [1.165, 1.54) is 231 Å². The predicted octanol–water partition coefficient (Wildman–Crippen LogP) is 24.8. The molecule has 5 nitrogen and oxygen atoms in total. The smallest absolute Gasteiger partial charge is 0.306 e. The Kier molecular flexibility index (Phi) is 68.8. The van der Waals surface area contributed by atoms with Crippen molar-refractivity contribution in [2.75, 3.05) is 13.2 Å². The highest BCUT2D eigenvalue weighted by atomic mass is 16.6. The predicted molar refractivity (Wildman–Crippen MR) is 362 cm³/mol. The van der Waals surface area contributed by atoms with E-state index in [4.69, 9.17) is 9.47 Å². The minimum absolute atomic E-state index is 0.0661. The van der Waals surface area contributed by atoms with E-state index in [0.717, 1.165) is 89.9 Å². The van der Waals surface area contributed by atoms with Crippen molar-refractivity contribution in [3.05, 3.63) is 109 Å². The first-order chi connectivity index (χ1) is 40.6. The van der Waals surface area contributed by atoms with Gasteiger partial charge in [-0.2, -0.15) is 0 Å². The lowest BCUT2D eigenvalue weighted by Crippen LogP contribution is -2.28. The van der Waals surface area contributed by atoms with Crippen molar-refractivity contribution in [2.45, 2.75) is 354 Å². The van der Waals surface area contributed by atoms with Crippen molar-refractivity contribution in [1.29, 1.82) is 0 Å². The lowest BCUT2D eigenvalue weighted by atomic mass is 10.0. The quantitative estimate of drug-likeness (QED) is 0.0373. The summed E-state index contributed by atoms with van der Waals surface area (Å²) in [6.07, 6.45) is 104. The molecule has 5 heteroatoms. The van der Waals surface area contributed by atoms with Crippen molar-refractivity contribution < 1.29 is 24.2 Å². The van der Waals surface area contributed by atoms with Crippen molar-refractivity contribution in [2.24, 2.45) is 0 Å². The molecule has 82 heavy (non-hydrogen) atoms. The van der Waals surface area contributed by atoms with Gasteiger partial charge in [-0.3, -0.25) is 9.59 Å². The van der Waals surface area contributed by atoms with Crippen LogP contribution in [0.1, 0.15) is 348 Å². The summed E-state index contributed by atoms with van der Waals surface area (Å²) in [6, 6.07) is 0. The Bertz CT molecular complexity index is 1570. The number of rotatable bonds is 65. The molecule has 0 saturated carbocycles. The highest BCUT2D eigenvalue weighted by Gasteiger charge is 2.16. The summed E-state index contributed by atoms with van der Waals surface area (Å²) < 4.78 is 10.8. The number of hydrogen-bond acceptors (Lipinski definition) is 5. The summed E-state index contributed by atoms with van der Waals surface area (Å²) in [6.45, 7) is 4.06. The minimum atomic E-state index is -0.777. The summed E-state index contributed by atoms with van der Waals surface area (Å²) >= 11 is 0. The van der Waals surface area contributed by atoms with Crippen LogP contribution in [0.4, 0.5) is 0 Å². The number of hydrogen-bond donors (Lipinski definition) is 1. The van der Waals surface area contributed by atoms with Gasteiger partial charge in [0.1, 0.15) is 6.61 Å². The van der Waals surface area contributed by atoms with Crippen LogP contribution in [0.2, 0.25) is 0 Å². The van der Waals surface area contributed by atoms with Gasteiger partial charge in [-0.15, -0.1) is 0 Å². The van der Waals surface area contributed by atoms with Gasteiger partial charge >= 0.3 is 11.9 Å². The molecule has 0 rings (SSSR count). The second kappa shape index (κ2) is 71.8. The van der Waals surface area contributed by atoms with E-state index < -0.39 is 6.10 Å². The highest BCUT2D eigenvalue weighted by molar-refractivity contribution is 5.70. The van der Waals surface area contributed by atoms with E-state index in [1.807, 2.05) is 0 Å². The first-order valence-electron chi connectivity index (χ1n) is 35.4. The molecule has 0 aliphatic carbocycles. The number of esters is 2. The molecule has 0 saturated heterocycles. The maximum absolute atomic E-state index is 12.4. The zero-order valence-electron chi connectivity index (χ0n) is 54.2. The fourth-order valence-corrected chi connectivity index (χ4v) is 10.3. The van der Waals surface area contributed by atoms with Crippen LogP contribution < -0.4 is 0 Å². The first kappa shape index (κ1) is 78.6. The third kappa shape index (κ3) is 69.1. The molecule has 1 atom stereocenters. The molecule has 0 radical (unpaired) electrons. The Morgan fingerprint density at radius 3 is 0.805 bits per heavy atom. The fraction of sp³-hybridized carbons (Fsp3) is 0.740. The number of ether oxygens (including phenoxy) is 2. The Morgan fingerprint density at radius 1 is 0.293 bits per heavy atom. The summed E-state index contributed by atoms with van der Waals surface area (Å²) in [4.78, 5) is 24.7. The Hall–Kier alpha value is -3.44. The topological polar surface area (TPSA) is 72.8 Å². The van der Waals surface area contributed by atoms with Gasteiger partial charge in [-0.25, -0.2) is 0 Å². The monoisotopic (exact) mass is 1140 g/mol. The lowest BCUT2D eigenvalue weighted by molar-refractivity contribution is -0.161. The fourth-order valence-electron chi connectivity index (χ4n) is 10.3. The number of aliphatic hydroxyl groups excluding tert-OH is 1. The number of allylic oxidation sites excluding steroid dienone is 18. The Morgan fingerprint density at radius 2 is 0.524 bits per heavy atom. The molecule has 1 N–H and O–H groups in total. The number of carbonyl (C=O) groups excluding carboxylic acids is 2. The molecule has 0 aliphatic heterocycles. The van der Waals surface area contributed by atoms with Gasteiger partial charge in [0.25, 0.3) is 0 Å². The van der Waals surface area contributed by atoms with E-state index in [-0.39, 0.29) is 25.2 Å². The van der Waals surface area contributed by atoms with Crippen LogP contribution in [-0.2, 0) is 19.1 Å². The van der Waals surface area contributed by atoms with Crippen molar-refractivity contribution >= 4 is 11.9 Å². The largest absolute Gasteiger partial charge is 0.462 e. The van der Waals surface area contributed by atoms with Gasteiger partial charge in [0.2, 0.25) is 0 Å². The van der Waals surface area contributed by atoms with E-state index in [2.05, 4.69) is 123 Å². The summed E-state index contributed by atoms with van der Waals surface area (Å²) in [5, 5.41) is 9.71. The van der Waals surface area contributed by atoms with Gasteiger partial charge in [-0.05, 0) is 103 Å². The maximum atomic E-state index is 12.4. The maximum Gasteiger partial charge on any atom is 0.306 e. The molecule has 0 amide bonds. The Balaban J connectivity index is 3.47. The van der Waals surface area contributed by atoms with Crippen molar-refractivity contribution in [3.63, 3.8) is 0 Å². The molecule has 0 aromatic heterocycles. The van der Waals surface area contributed by atoms with Crippen LogP contribution >= 0.6 is 0 Å². The van der Waals surface area contributed by atoms with Crippen LogP contribution in [0.5, 0.6) is 0 Å². The molecule has 0 aromatic rings. The normalized spacial score (nSPS) is 12.9. The van der Waals surface area contributed by atoms with Crippen LogP contribution in [0.15, 0.2) is 109 Å². The second-order valence-electron chi connectivity index (χ2n) is 23.6. The van der Waals surface area contributed by atoms with Crippen LogP contribution in [0.25, 0.3) is 0 Å². The molecule has 0 aromatic carbocycles. The first-order valence-corrected chi connectivity index (χ1v) is 35.4. The second-order valence-corrected chi connectivity index (χ2v) is 23.6. The number of aliphatic hydroxyl groups is 1. The van der Waals surface area contributed by atoms with Gasteiger partial charge in [-0.1, -0.05) is 342 Å². The Labute approximate surface area is 510 Å². The molecule has 0 fully saturated rings. The molecular formula is C77H134O5. The molecule has 0 bridgehead atoms. The van der Waals surface area contributed by atoms with E-state index in [1.54, 1.807) is 0 Å². The summed E-state index contributed by atoms with van der Waals surface area (Å²) in [5.74, 6) is -0.579. The van der Waals surface area contributed by atoms with Crippen molar-refractivity contribution in [3.8, 4) is 0 Å². The summed E-state index contributed by atoms with van der Waals surface area (Å²) in [7, 11) is 0. The van der Waals surface area contributed by atoms with E-state index >= 15 is 0 Å². The highest BCUT2D eigenvalue weighted by Crippen LogP contribution is 2.18. The molecular weight excluding hydrogens is 1000 g/mol. The zero-order valence-corrected chi connectivity index (χ0v) is 54.2. The molecule has 1 unspecified atom stereocenters. The van der Waals surface area contributed by atoms with Gasteiger partial charge < -0.3 is 14.6 Å². The number of unbranched alkanes of at least 4 members (excludes halogenated alkanes) is 39. The van der Waals surface area contributed by atoms with Gasteiger partial charge in [0.15, 0.2) is 6.10 Å². The summed E-state index contributed by atoms with van der Waals surface area (Å²) in [5.41, 5.74) is 0. The molecule has 472 valence electrons. The average Bonchev–Trinajstić information content (AvgIpc) is 3.49. The zero-order chi connectivity index (χ0) is 59.1. The third-order valence-electron chi connectivity index (χ3n) is 15.6. The third-order valence-corrected chi connectivity index (χ3v) is 15.6. The molecule has 0 heterocycles. The average molecular weight is 1140 g/mol. The van der Waals surface area contributed by atoms with Gasteiger partial charge in [0.05, 0.1) is 6.61 Å². The van der Waals surface area contributed by atoms with Gasteiger partial charge in [0, 0.05) is 12.8 Å². The number of carbonyl (C=O) groups is 2.